The van der Waals surface area contributed by atoms with E-state index in [0.717, 1.165) is 10.6 Å². The van der Waals surface area contributed by atoms with Gasteiger partial charge >= 0.3 is 0 Å². The lowest BCUT2D eigenvalue weighted by Gasteiger charge is -1.99. The topological polar surface area (TPSA) is 64.9 Å². The lowest BCUT2D eigenvalue weighted by atomic mass is 10.2. The molecule has 0 radical (unpaired) electrons. The van der Waals surface area contributed by atoms with Crippen LogP contribution in [0.25, 0.3) is 11.5 Å². The summed E-state index contributed by atoms with van der Waals surface area (Å²) in [7, 11) is 0. The fourth-order valence-corrected chi connectivity index (χ4v) is 2.57. The molecule has 0 saturated heterocycles. The average molecular weight is 301 g/mol. The first-order valence-electron chi connectivity index (χ1n) is 6.27. The van der Waals surface area contributed by atoms with E-state index in [9.17, 15) is 4.39 Å². The van der Waals surface area contributed by atoms with Gasteiger partial charge in [-0.25, -0.2) is 4.39 Å². The third kappa shape index (κ3) is 3.41. The van der Waals surface area contributed by atoms with Gasteiger partial charge in [0.15, 0.2) is 0 Å². The van der Waals surface area contributed by atoms with Crippen LogP contribution in [0.15, 0.2) is 57.8 Å². The van der Waals surface area contributed by atoms with E-state index in [2.05, 4.69) is 10.2 Å². The van der Waals surface area contributed by atoms with E-state index in [-0.39, 0.29) is 5.82 Å². The van der Waals surface area contributed by atoms with Gasteiger partial charge in [-0.1, -0.05) is 6.07 Å². The number of anilines is 1. The lowest BCUT2D eigenvalue weighted by molar-refractivity contribution is 0.528. The van der Waals surface area contributed by atoms with E-state index in [4.69, 9.17) is 10.2 Å². The van der Waals surface area contributed by atoms with Gasteiger partial charge in [0.25, 0.3) is 0 Å². The molecule has 0 aliphatic heterocycles. The van der Waals surface area contributed by atoms with Crippen molar-refractivity contribution in [1.82, 2.24) is 10.2 Å². The molecule has 3 aromatic rings. The van der Waals surface area contributed by atoms with Gasteiger partial charge < -0.3 is 10.2 Å². The minimum atomic E-state index is -0.296. The predicted molar refractivity (Wildman–Crippen MR) is 80.1 cm³/mol. The summed E-state index contributed by atoms with van der Waals surface area (Å²) in [6.45, 7) is 0. The molecule has 0 aliphatic rings. The van der Waals surface area contributed by atoms with Crippen molar-refractivity contribution in [1.29, 1.82) is 0 Å². The third-order valence-corrected chi connectivity index (χ3v) is 3.76. The molecular formula is C15H12FN3OS. The maximum Gasteiger partial charge on any atom is 0.247 e. The monoisotopic (exact) mass is 301 g/mol. The summed E-state index contributed by atoms with van der Waals surface area (Å²) in [6.07, 6.45) is 0. The smallest absolute Gasteiger partial charge is 0.247 e. The van der Waals surface area contributed by atoms with Gasteiger partial charge in [0.2, 0.25) is 11.8 Å². The Bertz CT molecular complexity index is 743. The van der Waals surface area contributed by atoms with E-state index < -0.39 is 0 Å². The number of aromatic nitrogens is 2. The van der Waals surface area contributed by atoms with Gasteiger partial charge in [-0.05, 0) is 42.5 Å². The second kappa shape index (κ2) is 5.97. The molecule has 0 fully saturated rings. The Morgan fingerprint density at radius 2 is 1.90 bits per heavy atom. The van der Waals surface area contributed by atoms with Crippen molar-refractivity contribution >= 4 is 17.4 Å². The number of nitrogens with two attached hydrogens (primary N) is 1. The third-order valence-electron chi connectivity index (χ3n) is 2.78. The van der Waals surface area contributed by atoms with E-state index in [1.807, 2.05) is 24.3 Å². The highest BCUT2D eigenvalue weighted by Gasteiger charge is 2.09. The first kappa shape index (κ1) is 13.6. The molecule has 0 atom stereocenters. The first-order valence-corrected chi connectivity index (χ1v) is 7.26. The molecule has 0 unspecified atom stereocenters. The molecule has 6 heteroatoms. The maximum absolute atomic E-state index is 12.9. The summed E-state index contributed by atoms with van der Waals surface area (Å²) in [5, 5.41) is 7.96. The van der Waals surface area contributed by atoms with Crippen molar-refractivity contribution in [3.8, 4) is 11.5 Å². The molecule has 0 saturated carbocycles. The van der Waals surface area contributed by atoms with Crippen LogP contribution in [0.1, 0.15) is 5.89 Å². The Morgan fingerprint density at radius 3 is 2.67 bits per heavy atom. The fourth-order valence-electron chi connectivity index (χ4n) is 1.77. The minimum absolute atomic E-state index is 0.296. The van der Waals surface area contributed by atoms with Gasteiger partial charge in [-0.3, -0.25) is 0 Å². The summed E-state index contributed by atoms with van der Waals surface area (Å²) >= 11 is 1.56. The van der Waals surface area contributed by atoms with Crippen molar-refractivity contribution in [2.24, 2.45) is 0 Å². The van der Waals surface area contributed by atoms with Crippen LogP contribution in [-0.2, 0) is 5.75 Å². The van der Waals surface area contributed by atoms with Crippen LogP contribution in [0.5, 0.6) is 0 Å². The number of nitrogens with zero attached hydrogens (tertiary/aromatic N) is 2. The Hall–Kier alpha value is -2.34. The van der Waals surface area contributed by atoms with Crippen LogP contribution >= 0.6 is 11.8 Å². The van der Waals surface area contributed by atoms with Crippen LogP contribution in [-0.4, -0.2) is 10.2 Å². The van der Waals surface area contributed by atoms with Crippen molar-refractivity contribution in [2.75, 3.05) is 5.73 Å². The Kier molecular flexibility index (Phi) is 3.87. The molecule has 1 aromatic heterocycles. The van der Waals surface area contributed by atoms with E-state index in [1.54, 1.807) is 23.9 Å². The maximum atomic E-state index is 12.9. The number of hydrogen-bond acceptors (Lipinski definition) is 5. The van der Waals surface area contributed by atoms with Crippen LogP contribution in [0.2, 0.25) is 0 Å². The number of hydrogen-bond donors (Lipinski definition) is 1. The lowest BCUT2D eigenvalue weighted by Crippen LogP contribution is -1.84. The standard InChI is InChI=1S/C15H12FN3OS/c16-11-6-4-10(5-7-11)15-19-18-14(20-15)9-21-13-3-1-2-12(17)8-13/h1-8H,9,17H2. The van der Waals surface area contributed by atoms with Gasteiger partial charge in [-0.2, -0.15) is 0 Å². The number of nitrogen functional groups attached to an aromatic ring is 1. The molecule has 0 aliphatic carbocycles. The van der Waals surface area contributed by atoms with Crippen molar-refractivity contribution < 1.29 is 8.81 Å². The summed E-state index contributed by atoms with van der Waals surface area (Å²) in [5.41, 5.74) is 7.14. The molecule has 2 aromatic carbocycles. The molecule has 0 bridgehead atoms. The Morgan fingerprint density at radius 1 is 1.10 bits per heavy atom. The van der Waals surface area contributed by atoms with Gasteiger partial charge in [0, 0.05) is 16.1 Å². The number of rotatable bonds is 4. The summed E-state index contributed by atoms with van der Waals surface area (Å²) in [4.78, 5) is 1.04. The summed E-state index contributed by atoms with van der Waals surface area (Å²) in [5.74, 6) is 1.16. The zero-order chi connectivity index (χ0) is 14.7. The van der Waals surface area contributed by atoms with Gasteiger partial charge in [0.05, 0.1) is 5.75 Å². The second-order valence-corrected chi connectivity index (χ2v) is 5.42. The van der Waals surface area contributed by atoms with Crippen LogP contribution in [0.4, 0.5) is 10.1 Å². The van der Waals surface area contributed by atoms with Crippen molar-refractivity contribution in [3.63, 3.8) is 0 Å². The molecule has 4 nitrogen and oxygen atoms in total. The summed E-state index contributed by atoms with van der Waals surface area (Å²) < 4.78 is 18.4. The number of benzene rings is 2. The van der Waals surface area contributed by atoms with Gasteiger partial charge in [0.1, 0.15) is 5.82 Å². The Balaban J connectivity index is 1.69. The van der Waals surface area contributed by atoms with E-state index >= 15 is 0 Å². The Labute approximate surface area is 125 Å². The van der Waals surface area contributed by atoms with Crippen molar-refractivity contribution in [2.45, 2.75) is 10.6 Å². The highest BCUT2D eigenvalue weighted by molar-refractivity contribution is 7.98. The summed E-state index contributed by atoms with van der Waals surface area (Å²) in [6, 6.07) is 13.5. The predicted octanol–water partition coefficient (Wildman–Crippen LogP) is 3.75. The fraction of sp³-hybridized carbons (Fsp3) is 0.0667. The normalized spacial score (nSPS) is 10.7. The second-order valence-electron chi connectivity index (χ2n) is 4.37. The van der Waals surface area contributed by atoms with Crippen LogP contribution in [0, 0.1) is 5.82 Å². The highest BCUT2D eigenvalue weighted by Crippen LogP contribution is 2.25. The molecule has 3 rings (SSSR count). The molecule has 0 amide bonds. The zero-order valence-corrected chi connectivity index (χ0v) is 11.8. The highest BCUT2D eigenvalue weighted by atomic mass is 32.2. The molecule has 2 N–H and O–H groups in total. The largest absolute Gasteiger partial charge is 0.420 e. The van der Waals surface area contributed by atoms with Crippen molar-refractivity contribution in [3.05, 3.63) is 60.2 Å². The minimum Gasteiger partial charge on any atom is -0.420 e. The molecule has 106 valence electrons. The molecule has 1 heterocycles. The number of thioether (sulfide) groups is 1. The zero-order valence-electron chi connectivity index (χ0n) is 11.0. The molecular weight excluding hydrogens is 289 g/mol. The van der Waals surface area contributed by atoms with Crippen LogP contribution < -0.4 is 5.73 Å². The SMILES string of the molecule is Nc1cccc(SCc2nnc(-c3ccc(F)cc3)o2)c1. The molecule has 21 heavy (non-hydrogen) atoms. The average Bonchev–Trinajstić information content (AvgIpc) is 2.95. The molecule has 0 spiro atoms. The quantitative estimate of drug-likeness (QED) is 0.587. The first-order chi connectivity index (χ1) is 10.2. The number of halogens is 1. The van der Waals surface area contributed by atoms with E-state index in [1.165, 1.54) is 12.1 Å². The van der Waals surface area contributed by atoms with Gasteiger partial charge in [-0.15, -0.1) is 22.0 Å². The van der Waals surface area contributed by atoms with E-state index in [0.29, 0.717) is 23.1 Å². The van der Waals surface area contributed by atoms with Crippen LogP contribution in [0.3, 0.4) is 0 Å².